The third-order valence-corrected chi connectivity index (χ3v) is 2.79. The van der Waals surface area contributed by atoms with E-state index in [1.54, 1.807) is 7.11 Å². The van der Waals surface area contributed by atoms with Crippen LogP contribution in [0.4, 0.5) is 0 Å². The topological polar surface area (TPSA) is 59.6 Å². The molecule has 0 bridgehead atoms. The van der Waals surface area contributed by atoms with E-state index < -0.39 is 0 Å². The molecule has 2 N–H and O–H groups in total. The normalized spacial score (nSPS) is 10.2. The highest BCUT2D eigenvalue weighted by Gasteiger charge is 2.07. The minimum atomic E-state index is 0.00856. The molecular weight excluding hydrogens is 256 g/mol. The second kappa shape index (κ2) is 9.20. The summed E-state index contributed by atoms with van der Waals surface area (Å²) in [6.07, 6.45) is 0.362. The summed E-state index contributed by atoms with van der Waals surface area (Å²) in [5.74, 6) is 1.60. The van der Waals surface area contributed by atoms with E-state index in [2.05, 4.69) is 17.6 Å². The van der Waals surface area contributed by atoms with Crippen LogP contribution in [-0.2, 0) is 11.3 Å². The number of hydrogen-bond acceptors (Lipinski definition) is 4. The van der Waals surface area contributed by atoms with E-state index in [1.165, 1.54) is 0 Å². The van der Waals surface area contributed by atoms with Gasteiger partial charge in [0.15, 0.2) is 0 Å². The molecule has 0 aliphatic heterocycles. The molecule has 1 aromatic rings. The molecule has 112 valence electrons. The zero-order valence-electron chi connectivity index (χ0n) is 12.5. The molecule has 0 atom stereocenters. The van der Waals surface area contributed by atoms with Crippen LogP contribution in [-0.4, -0.2) is 32.7 Å². The second-order valence-corrected chi connectivity index (χ2v) is 4.31. The van der Waals surface area contributed by atoms with Gasteiger partial charge in [0.2, 0.25) is 5.91 Å². The molecule has 5 nitrogen and oxygen atoms in total. The summed E-state index contributed by atoms with van der Waals surface area (Å²) < 4.78 is 10.9. The molecule has 20 heavy (non-hydrogen) atoms. The van der Waals surface area contributed by atoms with Crippen LogP contribution in [0.1, 0.15) is 25.8 Å². The molecule has 0 spiro atoms. The Hall–Kier alpha value is -1.75. The molecule has 0 heterocycles. The minimum Gasteiger partial charge on any atom is -0.497 e. The first-order chi connectivity index (χ1) is 9.71. The Labute approximate surface area is 120 Å². The molecule has 1 aromatic carbocycles. The van der Waals surface area contributed by atoms with E-state index in [1.807, 2.05) is 25.1 Å². The monoisotopic (exact) mass is 280 g/mol. The molecule has 5 heteroatoms. The molecule has 0 unspecified atom stereocenters. The van der Waals surface area contributed by atoms with Gasteiger partial charge >= 0.3 is 0 Å². The first-order valence-corrected chi connectivity index (χ1v) is 6.98. The van der Waals surface area contributed by atoms with Crippen molar-refractivity contribution in [1.82, 2.24) is 10.6 Å². The maximum atomic E-state index is 11.4. The van der Waals surface area contributed by atoms with E-state index in [-0.39, 0.29) is 5.91 Å². The predicted molar refractivity (Wildman–Crippen MR) is 79.2 cm³/mol. The zero-order valence-corrected chi connectivity index (χ0v) is 12.5. The Balaban J connectivity index is 2.60. The highest BCUT2D eigenvalue weighted by atomic mass is 16.5. The molecule has 0 radical (unpaired) electrons. The number of nitrogens with one attached hydrogen (secondary N) is 2. The second-order valence-electron chi connectivity index (χ2n) is 4.31. The predicted octanol–water partition coefficient (Wildman–Crippen LogP) is 1.71. The quantitative estimate of drug-likeness (QED) is 0.723. The van der Waals surface area contributed by atoms with Crippen LogP contribution in [0.2, 0.25) is 0 Å². The summed E-state index contributed by atoms with van der Waals surface area (Å²) >= 11 is 0. The number of hydrogen-bond donors (Lipinski definition) is 2. The van der Waals surface area contributed by atoms with Crippen molar-refractivity contribution in [1.29, 1.82) is 0 Å². The fraction of sp³-hybridized carbons (Fsp3) is 0.533. The standard InChI is InChI=1S/C15H24N2O3/c1-4-16-11-12-10-13(19-3)6-7-14(12)20-9-8-15(18)17-5-2/h6-7,10,16H,4-5,8-9,11H2,1-3H3,(H,17,18). The first kappa shape index (κ1) is 16.3. The maximum Gasteiger partial charge on any atom is 0.223 e. The lowest BCUT2D eigenvalue weighted by Crippen LogP contribution is -2.24. The number of rotatable bonds is 9. The van der Waals surface area contributed by atoms with Crippen LogP contribution < -0.4 is 20.1 Å². The highest BCUT2D eigenvalue weighted by Crippen LogP contribution is 2.24. The molecule has 0 saturated heterocycles. The van der Waals surface area contributed by atoms with Crippen LogP contribution in [0.15, 0.2) is 18.2 Å². The number of benzene rings is 1. The van der Waals surface area contributed by atoms with E-state index in [9.17, 15) is 4.79 Å². The Bertz CT molecular complexity index is 422. The van der Waals surface area contributed by atoms with Crippen molar-refractivity contribution in [3.8, 4) is 11.5 Å². The van der Waals surface area contributed by atoms with E-state index in [0.29, 0.717) is 26.1 Å². The smallest absolute Gasteiger partial charge is 0.223 e. The van der Waals surface area contributed by atoms with Gasteiger partial charge in [0.05, 0.1) is 20.1 Å². The lowest BCUT2D eigenvalue weighted by Gasteiger charge is -2.13. The number of methoxy groups -OCH3 is 1. The number of amides is 1. The number of ether oxygens (including phenoxy) is 2. The van der Waals surface area contributed by atoms with Crippen molar-refractivity contribution in [3.05, 3.63) is 23.8 Å². The van der Waals surface area contributed by atoms with Crippen molar-refractivity contribution >= 4 is 5.91 Å². The fourth-order valence-electron chi connectivity index (χ4n) is 1.76. The molecule has 1 rings (SSSR count). The van der Waals surface area contributed by atoms with Crippen LogP contribution in [0.3, 0.4) is 0 Å². The minimum absolute atomic E-state index is 0.00856. The van der Waals surface area contributed by atoms with Crippen LogP contribution in [0, 0.1) is 0 Å². The largest absolute Gasteiger partial charge is 0.497 e. The molecule has 0 aliphatic carbocycles. The summed E-state index contributed by atoms with van der Waals surface area (Å²) in [5, 5.41) is 6.01. The Kier molecular flexibility index (Phi) is 7.50. The van der Waals surface area contributed by atoms with Crippen molar-refractivity contribution in [2.45, 2.75) is 26.8 Å². The van der Waals surface area contributed by atoms with Gasteiger partial charge in [0.25, 0.3) is 0 Å². The molecule has 0 fully saturated rings. The lowest BCUT2D eigenvalue weighted by molar-refractivity contribution is -0.121. The van der Waals surface area contributed by atoms with Crippen LogP contribution in [0.25, 0.3) is 0 Å². The van der Waals surface area contributed by atoms with Crippen molar-refractivity contribution < 1.29 is 14.3 Å². The Morgan fingerprint density at radius 1 is 1.25 bits per heavy atom. The van der Waals surface area contributed by atoms with Gasteiger partial charge in [-0.1, -0.05) is 6.92 Å². The van der Waals surface area contributed by atoms with Gasteiger partial charge in [-0.25, -0.2) is 0 Å². The van der Waals surface area contributed by atoms with Crippen molar-refractivity contribution in [2.24, 2.45) is 0 Å². The summed E-state index contributed by atoms with van der Waals surface area (Å²) in [6.45, 7) is 6.57. The average Bonchev–Trinajstić information content (AvgIpc) is 2.46. The molecule has 0 aromatic heterocycles. The third kappa shape index (κ3) is 5.48. The summed E-state index contributed by atoms with van der Waals surface area (Å²) in [6, 6.07) is 5.68. The Morgan fingerprint density at radius 3 is 2.70 bits per heavy atom. The van der Waals surface area contributed by atoms with Crippen molar-refractivity contribution in [3.63, 3.8) is 0 Å². The summed E-state index contributed by atoms with van der Waals surface area (Å²) in [7, 11) is 1.64. The summed E-state index contributed by atoms with van der Waals surface area (Å²) in [5.41, 5.74) is 1.03. The van der Waals surface area contributed by atoms with Gasteiger partial charge < -0.3 is 20.1 Å². The van der Waals surface area contributed by atoms with Gasteiger partial charge in [0, 0.05) is 18.7 Å². The molecule has 0 aliphatic rings. The van der Waals surface area contributed by atoms with E-state index in [4.69, 9.17) is 9.47 Å². The lowest BCUT2D eigenvalue weighted by atomic mass is 10.2. The summed E-state index contributed by atoms with van der Waals surface area (Å²) in [4.78, 5) is 11.4. The number of carbonyl (C=O) groups excluding carboxylic acids is 1. The highest BCUT2D eigenvalue weighted by molar-refractivity contribution is 5.75. The van der Waals surface area contributed by atoms with Gasteiger partial charge in [-0.3, -0.25) is 4.79 Å². The molecular formula is C15H24N2O3. The Morgan fingerprint density at radius 2 is 2.05 bits per heavy atom. The van der Waals surface area contributed by atoms with Gasteiger partial charge in [-0.15, -0.1) is 0 Å². The fourth-order valence-corrected chi connectivity index (χ4v) is 1.76. The van der Waals surface area contributed by atoms with Crippen LogP contribution >= 0.6 is 0 Å². The molecule has 1 amide bonds. The van der Waals surface area contributed by atoms with Gasteiger partial charge in [-0.2, -0.15) is 0 Å². The average molecular weight is 280 g/mol. The van der Waals surface area contributed by atoms with Crippen LogP contribution in [0.5, 0.6) is 11.5 Å². The zero-order chi connectivity index (χ0) is 14.8. The van der Waals surface area contributed by atoms with E-state index >= 15 is 0 Å². The first-order valence-electron chi connectivity index (χ1n) is 6.98. The SMILES string of the molecule is CCNCc1cc(OC)ccc1OCCC(=O)NCC. The van der Waals surface area contributed by atoms with Gasteiger partial charge in [-0.05, 0) is 31.7 Å². The number of carbonyl (C=O) groups is 1. The van der Waals surface area contributed by atoms with E-state index in [0.717, 1.165) is 23.6 Å². The van der Waals surface area contributed by atoms with Gasteiger partial charge in [0.1, 0.15) is 11.5 Å². The third-order valence-electron chi connectivity index (χ3n) is 2.79. The van der Waals surface area contributed by atoms with Crippen molar-refractivity contribution in [2.75, 3.05) is 26.8 Å². The molecule has 0 saturated carbocycles. The maximum absolute atomic E-state index is 11.4.